The van der Waals surface area contributed by atoms with Crippen molar-refractivity contribution in [2.45, 2.75) is 76.7 Å². The monoisotopic (exact) mass is 379 g/mol. The van der Waals surface area contributed by atoms with Gasteiger partial charge in [0.15, 0.2) is 0 Å². The Labute approximate surface area is 168 Å². The van der Waals surface area contributed by atoms with Crippen molar-refractivity contribution in [1.82, 2.24) is 0 Å². The minimum atomic E-state index is -0.311. The van der Waals surface area contributed by atoms with Crippen LogP contribution in [0.3, 0.4) is 0 Å². The average molecular weight is 380 g/mol. The van der Waals surface area contributed by atoms with E-state index in [0.29, 0.717) is 5.92 Å². The van der Waals surface area contributed by atoms with Crippen LogP contribution in [0.5, 0.6) is 0 Å². The predicted molar refractivity (Wildman–Crippen MR) is 109 cm³/mol. The Morgan fingerprint density at radius 1 is 1.18 bits per heavy atom. The number of nitrogens with two attached hydrogens (primary N) is 1. The quantitative estimate of drug-likeness (QED) is 0.684. The minimum Gasteiger partial charge on any atom is -0.451 e. The van der Waals surface area contributed by atoms with Crippen LogP contribution in [0, 0.1) is 35.0 Å². The molecule has 1 aliphatic heterocycles. The van der Waals surface area contributed by atoms with Crippen LogP contribution in [-0.2, 0) is 9.53 Å². The van der Waals surface area contributed by atoms with Gasteiger partial charge >= 0.3 is 5.97 Å². The molecule has 2 N–H and O–H groups in total. The minimum absolute atomic E-state index is 0.115. The molecule has 1 spiro atoms. The van der Waals surface area contributed by atoms with Gasteiger partial charge in [0, 0.05) is 17.2 Å². The highest BCUT2D eigenvalue weighted by Crippen LogP contribution is 2.70. The van der Waals surface area contributed by atoms with Gasteiger partial charge < -0.3 is 10.5 Å². The highest BCUT2D eigenvalue weighted by molar-refractivity contribution is 5.85. The van der Waals surface area contributed by atoms with Crippen LogP contribution in [0.1, 0.15) is 71.1 Å². The summed E-state index contributed by atoms with van der Waals surface area (Å²) in [5.41, 5.74) is 10.5. The number of carbonyl (C=O) groups excluding carboxylic acids is 1. The van der Waals surface area contributed by atoms with Crippen LogP contribution >= 0.6 is 0 Å². The topological polar surface area (TPSA) is 52.3 Å². The molecule has 6 aliphatic rings. The zero-order valence-electron chi connectivity index (χ0n) is 17.1. The number of allylic oxidation sites excluding steroid dienone is 4. The summed E-state index contributed by atoms with van der Waals surface area (Å²) in [6.45, 7) is 2.35. The fourth-order valence-corrected chi connectivity index (χ4v) is 8.48. The lowest BCUT2D eigenvalue weighted by molar-refractivity contribution is -0.164. The standard InChI is InChI=1S/C25H33NO2/c1-2-24-10-7-19-18-6-5-17(26)13-16(18)14-20(15-3-4-15)23(19)21(24)8-11-25(24)12-9-22(27)28-25/h9,12-13,15,19-21,23H,2-8,10-11,14,26H2,1H3/t19?,20?,21?,23?,24-,25+/m0/s1. The largest absolute Gasteiger partial charge is 0.451 e. The van der Waals surface area contributed by atoms with Crippen LogP contribution in [0.4, 0.5) is 0 Å². The number of carbonyl (C=O) groups is 1. The summed E-state index contributed by atoms with van der Waals surface area (Å²) in [6.07, 6.45) is 18.4. The number of esters is 1. The third-order valence-corrected chi connectivity index (χ3v) is 9.69. The highest BCUT2D eigenvalue weighted by atomic mass is 16.6. The zero-order chi connectivity index (χ0) is 19.1. The molecule has 0 aromatic rings. The second-order valence-corrected chi connectivity index (χ2v) is 10.5. The number of hydrogen-bond acceptors (Lipinski definition) is 3. The van der Waals surface area contributed by atoms with Crippen molar-refractivity contribution >= 4 is 5.97 Å². The van der Waals surface area contributed by atoms with E-state index in [0.717, 1.165) is 48.6 Å². The number of hydrogen-bond donors (Lipinski definition) is 1. The van der Waals surface area contributed by atoms with Gasteiger partial charge in [0.1, 0.15) is 5.60 Å². The molecule has 0 saturated heterocycles. The van der Waals surface area contributed by atoms with Crippen molar-refractivity contribution in [3.8, 4) is 0 Å². The SMILES string of the molecule is CC[C@]12CCC3C4=C(C=C(N)CC4)CC(C4CC4)C3C1CC[C@@]21C=CC(=O)O1. The van der Waals surface area contributed by atoms with Gasteiger partial charge in [-0.15, -0.1) is 0 Å². The summed E-state index contributed by atoms with van der Waals surface area (Å²) in [5.74, 6) is 3.87. The summed E-state index contributed by atoms with van der Waals surface area (Å²) < 4.78 is 6.10. The van der Waals surface area contributed by atoms with Gasteiger partial charge in [-0.3, -0.25) is 0 Å². The van der Waals surface area contributed by atoms with Crippen molar-refractivity contribution in [1.29, 1.82) is 0 Å². The molecule has 0 aromatic heterocycles. The van der Waals surface area contributed by atoms with E-state index < -0.39 is 0 Å². The molecule has 0 radical (unpaired) electrons. The zero-order valence-corrected chi connectivity index (χ0v) is 17.1. The van der Waals surface area contributed by atoms with E-state index in [4.69, 9.17) is 10.5 Å². The first-order valence-corrected chi connectivity index (χ1v) is 11.7. The Bertz CT molecular complexity index is 818. The molecule has 0 bridgehead atoms. The summed E-state index contributed by atoms with van der Waals surface area (Å²) in [6, 6.07) is 0. The van der Waals surface area contributed by atoms with Crippen molar-refractivity contribution < 1.29 is 9.53 Å². The first-order valence-electron chi connectivity index (χ1n) is 11.7. The van der Waals surface area contributed by atoms with Gasteiger partial charge in [-0.1, -0.05) is 12.5 Å². The van der Waals surface area contributed by atoms with E-state index in [9.17, 15) is 4.79 Å². The van der Waals surface area contributed by atoms with Crippen LogP contribution in [-0.4, -0.2) is 11.6 Å². The molecule has 1 heterocycles. The maximum absolute atomic E-state index is 12.1. The van der Waals surface area contributed by atoms with E-state index in [1.807, 2.05) is 0 Å². The Hall–Kier alpha value is -1.51. The van der Waals surface area contributed by atoms with Gasteiger partial charge in [0.05, 0.1) is 0 Å². The molecular formula is C25H33NO2. The lowest BCUT2D eigenvalue weighted by atomic mass is 9.48. The van der Waals surface area contributed by atoms with E-state index in [1.54, 1.807) is 17.2 Å². The van der Waals surface area contributed by atoms with E-state index in [2.05, 4.69) is 19.1 Å². The average Bonchev–Trinajstić information content (AvgIpc) is 3.40. The normalized spacial score (nSPS) is 46.9. The van der Waals surface area contributed by atoms with Crippen molar-refractivity contribution in [3.05, 3.63) is 35.1 Å². The molecule has 3 heteroatoms. The predicted octanol–water partition coefficient (Wildman–Crippen LogP) is 5.03. The Morgan fingerprint density at radius 2 is 2.04 bits per heavy atom. The highest BCUT2D eigenvalue weighted by Gasteiger charge is 2.67. The van der Waals surface area contributed by atoms with Crippen molar-refractivity contribution in [2.24, 2.45) is 40.7 Å². The lowest BCUT2D eigenvalue weighted by Crippen LogP contribution is -2.54. The van der Waals surface area contributed by atoms with Crippen LogP contribution in [0.2, 0.25) is 0 Å². The molecule has 0 aromatic carbocycles. The number of rotatable bonds is 2. The van der Waals surface area contributed by atoms with E-state index in [-0.39, 0.29) is 17.0 Å². The first-order chi connectivity index (χ1) is 13.6. The third-order valence-electron chi connectivity index (χ3n) is 9.69. The molecule has 4 unspecified atom stereocenters. The van der Waals surface area contributed by atoms with E-state index >= 15 is 0 Å². The molecule has 6 atom stereocenters. The van der Waals surface area contributed by atoms with E-state index in [1.165, 1.54) is 44.9 Å². The molecule has 0 amide bonds. The van der Waals surface area contributed by atoms with Crippen molar-refractivity contribution in [3.63, 3.8) is 0 Å². The summed E-state index contributed by atoms with van der Waals surface area (Å²) in [5, 5.41) is 0. The second kappa shape index (κ2) is 5.77. The molecule has 3 nitrogen and oxygen atoms in total. The molecule has 28 heavy (non-hydrogen) atoms. The van der Waals surface area contributed by atoms with Crippen molar-refractivity contribution in [2.75, 3.05) is 0 Å². The second-order valence-electron chi connectivity index (χ2n) is 10.5. The fraction of sp³-hybridized carbons (Fsp3) is 0.720. The Kier molecular flexibility index (Phi) is 3.57. The maximum Gasteiger partial charge on any atom is 0.331 e. The molecule has 6 rings (SSSR count). The Balaban J connectivity index is 1.43. The smallest absolute Gasteiger partial charge is 0.331 e. The number of ether oxygens (including phenoxy) is 1. The number of fused-ring (bicyclic) bond motifs is 5. The van der Waals surface area contributed by atoms with Gasteiger partial charge in [-0.05, 0) is 112 Å². The fourth-order valence-electron chi connectivity index (χ4n) is 8.48. The molecule has 3 fully saturated rings. The lowest BCUT2D eigenvalue weighted by Gasteiger charge is -2.57. The van der Waals surface area contributed by atoms with Crippen LogP contribution < -0.4 is 5.73 Å². The Morgan fingerprint density at radius 3 is 2.75 bits per heavy atom. The summed E-state index contributed by atoms with van der Waals surface area (Å²) >= 11 is 0. The maximum atomic E-state index is 12.1. The molecular weight excluding hydrogens is 346 g/mol. The molecule has 3 saturated carbocycles. The van der Waals surface area contributed by atoms with Crippen LogP contribution in [0.25, 0.3) is 0 Å². The molecule has 5 aliphatic carbocycles. The van der Waals surface area contributed by atoms with Gasteiger partial charge in [-0.25, -0.2) is 4.79 Å². The van der Waals surface area contributed by atoms with Crippen LogP contribution in [0.15, 0.2) is 35.1 Å². The van der Waals surface area contributed by atoms with Gasteiger partial charge in [0.25, 0.3) is 0 Å². The summed E-state index contributed by atoms with van der Waals surface area (Å²) in [7, 11) is 0. The van der Waals surface area contributed by atoms with Gasteiger partial charge in [0.2, 0.25) is 0 Å². The molecule has 150 valence electrons. The van der Waals surface area contributed by atoms with Gasteiger partial charge in [-0.2, -0.15) is 0 Å². The first kappa shape index (κ1) is 17.4. The summed E-state index contributed by atoms with van der Waals surface area (Å²) in [4.78, 5) is 12.1. The third kappa shape index (κ3) is 2.14.